The van der Waals surface area contributed by atoms with Crippen LogP contribution in [0.25, 0.3) is 11.6 Å². The van der Waals surface area contributed by atoms with Gasteiger partial charge in [-0.25, -0.2) is 0 Å². The number of fused-ring (bicyclic) bond motifs is 3. The molecule has 0 bridgehead atoms. The molecule has 1 aliphatic carbocycles. The molecule has 5 rings (SSSR count). The van der Waals surface area contributed by atoms with Crippen LogP contribution in [0.5, 0.6) is 5.75 Å². The van der Waals surface area contributed by atoms with Crippen molar-refractivity contribution in [3.63, 3.8) is 0 Å². The van der Waals surface area contributed by atoms with Gasteiger partial charge < -0.3 is 19.7 Å². The number of aromatic nitrogens is 1. The standard InChI is InChI=1S/C33H38N2O7/c1-41-19-23-18-25-31(33(40)35(32(25)39)15-6-2-3-11-29(37)38)26-20-42-28(30(23)26)13-12-22(27-10-4-5-14-34-27)16-21-8-7-9-24(36)17-21/h4-5,7-10,14,16-17,25-26,28,31,36H,2-3,6,11-13,15,18-20H2,1H3,(H,37,38)/b22-16-/t25-,26+,28-,31-/m1/s1. The minimum Gasteiger partial charge on any atom is -0.508 e. The van der Waals surface area contributed by atoms with Gasteiger partial charge in [0, 0.05) is 32.2 Å². The molecule has 9 nitrogen and oxygen atoms in total. The van der Waals surface area contributed by atoms with Gasteiger partial charge >= 0.3 is 5.97 Å². The summed E-state index contributed by atoms with van der Waals surface area (Å²) in [6.07, 6.45) is 7.28. The Hall–Kier alpha value is -3.82. The van der Waals surface area contributed by atoms with E-state index in [1.807, 2.05) is 30.3 Å². The first kappa shape index (κ1) is 29.7. The number of carbonyl (C=O) groups is 3. The predicted octanol–water partition coefficient (Wildman–Crippen LogP) is 4.72. The summed E-state index contributed by atoms with van der Waals surface area (Å²) in [7, 11) is 1.64. The van der Waals surface area contributed by atoms with Crippen molar-refractivity contribution in [2.24, 2.45) is 17.8 Å². The summed E-state index contributed by atoms with van der Waals surface area (Å²) in [5.41, 5.74) is 4.88. The molecule has 0 radical (unpaired) electrons. The topological polar surface area (TPSA) is 126 Å². The summed E-state index contributed by atoms with van der Waals surface area (Å²) in [6, 6.07) is 12.9. The minimum absolute atomic E-state index is 0.0899. The van der Waals surface area contributed by atoms with Gasteiger partial charge in [0.2, 0.25) is 11.8 Å². The number of hydrogen-bond acceptors (Lipinski definition) is 7. The van der Waals surface area contributed by atoms with Gasteiger partial charge in [0.25, 0.3) is 0 Å². The Balaban J connectivity index is 1.33. The molecule has 2 N–H and O–H groups in total. The van der Waals surface area contributed by atoms with Crippen LogP contribution in [-0.2, 0) is 23.9 Å². The Morgan fingerprint density at radius 2 is 1.95 bits per heavy atom. The van der Waals surface area contributed by atoms with Gasteiger partial charge in [0.05, 0.1) is 36.8 Å². The Morgan fingerprint density at radius 3 is 2.69 bits per heavy atom. The van der Waals surface area contributed by atoms with E-state index in [2.05, 4.69) is 4.98 Å². The molecule has 3 aliphatic rings. The molecule has 2 saturated heterocycles. The predicted molar refractivity (Wildman–Crippen MR) is 156 cm³/mol. The number of pyridine rings is 1. The molecular weight excluding hydrogens is 536 g/mol. The van der Waals surface area contributed by atoms with Gasteiger partial charge in [-0.05, 0) is 84.7 Å². The average molecular weight is 575 g/mol. The molecule has 1 aromatic heterocycles. The molecular formula is C33H38N2O7. The Labute approximate surface area is 245 Å². The minimum atomic E-state index is -0.837. The SMILES string of the molecule is COCC1=C2[C@@H](CC/C(=C/c3cccc(O)c3)c3ccccn3)OC[C@@H]2[C@@H]2C(=O)N(CCCCCC(=O)O)C(=O)[C@@H]2C1. The fourth-order valence-electron chi connectivity index (χ4n) is 6.72. The molecule has 222 valence electrons. The molecule has 4 atom stereocenters. The van der Waals surface area contributed by atoms with Gasteiger partial charge in [-0.15, -0.1) is 0 Å². The first-order valence-corrected chi connectivity index (χ1v) is 14.7. The van der Waals surface area contributed by atoms with Gasteiger partial charge in [0.1, 0.15) is 5.75 Å². The maximum atomic E-state index is 13.6. The average Bonchev–Trinajstić information content (AvgIpc) is 3.50. The third-order valence-electron chi connectivity index (χ3n) is 8.57. The monoisotopic (exact) mass is 574 g/mol. The number of nitrogens with zero attached hydrogens (tertiary/aromatic N) is 2. The highest BCUT2D eigenvalue weighted by Gasteiger charge is 2.56. The summed E-state index contributed by atoms with van der Waals surface area (Å²) < 4.78 is 11.9. The Morgan fingerprint density at radius 1 is 1.10 bits per heavy atom. The number of imide groups is 1. The molecule has 0 saturated carbocycles. The van der Waals surface area contributed by atoms with Crippen LogP contribution in [0.1, 0.15) is 56.2 Å². The van der Waals surface area contributed by atoms with Gasteiger partial charge in [-0.2, -0.15) is 0 Å². The fraction of sp³-hybridized carbons (Fsp3) is 0.455. The van der Waals surface area contributed by atoms with Crippen molar-refractivity contribution in [2.45, 2.75) is 51.0 Å². The number of hydrogen-bond donors (Lipinski definition) is 2. The smallest absolute Gasteiger partial charge is 0.303 e. The number of carbonyl (C=O) groups excluding carboxylic acids is 2. The van der Waals surface area contributed by atoms with E-state index >= 15 is 0 Å². The zero-order chi connectivity index (χ0) is 29.6. The summed E-state index contributed by atoms with van der Waals surface area (Å²) in [5, 5.41) is 18.8. The Kier molecular flexibility index (Phi) is 9.49. The third-order valence-corrected chi connectivity index (χ3v) is 8.57. The number of likely N-dealkylation sites (tertiary alicyclic amines) is 1. The van der Waals surface area contributed by atoms with Crippen molar-refractivity contribution >= 4 is 29.4 Å². The van der Waals surface area contributed by atoms with Crippen molar-refractivity contribution in [1.29, 1.82) is 0 Å². The second-order valence-electron chi connectivity index (χ2n) is 11.3. The van der Waals surface area contributed by atoms with Crippen molar-refractivity contribution in [3.8, 4) is 5.75 Å². The van der Waals surface area contributed by atoms with E-state index in [4.69, 9.17) is 14.6 Å². The number of allylic oxidation sites excluding steroid dienone is 1. The molecule has 42 heavy (non-hydrogen) atoms. The van der Waals surface area contributed by atoms with E-state index in [1.54, 1.807) is 31.5 Å². The van der Waals surface area contributed by atoms with E-state index in [0.717, 1.165) is 28.0 Å². The molecule has 0 spiro atoms. The van der Waals surface area contributed by atoms with Crippen molar-refractivity contribution in [2.75, 3.05) is 26.9 Å². The van der Waals surface area contributed by atoms with E-state index in [1.165, 1.54) is 4.90 Å². The van der Waals surface area contributed by atoms with Gasteiger partial charge in [-0.1, -0.05) is 24.6 Å². The number of phenols is 1. The largest absolute Gasteiger partial charge is 0.508 e. The van der Waals surface area contributed by atoms with Crippen LogP contribution in [0, 0.1) is 17.8 Å². The fourth-order valence-corrected chi connectivity index (χ4v) is 6.72. The number of carboxylic acids is 1. The molecule has 2 amide bonds. The van der Waals surface area contributed by atoms with E-state index < -0.39 is 17.8 Å². The number of amides is 2. The molecule has 3 heterocycles. The number of unbranched alkanes of at least 4 members (excludes halogenated alkanes) is 2. The summed E-state index contributed by atoms with van der Waals surface area (Å²) in [4.78, 5) is 43.7. The van der Waals surface area contributed by atoms with Crippen LogP contribution in [0.3, 0.4) is 0 Å². The number of benzene rings is 1. The van der Waals surface area contributed by atoms with Crippen LogP contribution in [-0.4, -0.2) is 70.9 Å². The van der Waals surface area contributed by atoms with Crippen molar-refractivity contribution in [3.05, 3.63) is 71.1 Å². The normalized spacial score (nSPS) is 23.8. The van der Waals surface area contributed by atoms with E-state index in [9.17, 15) is 19.5 Å². The summed E-state index contributed by atoms with van der Waals surface area (Å²) >= 11 is 0. The number of aliphatic carboxylic acids is 1. The van der Waals surface area contributed by atoms with Crippen molar-refractivity contribution < 1.29 is 34.1 Å². The lowest BCUT2D eigenvalue weighted by atomic mass is 9.69. The van der Waals surface area contributed by atoms with Crippen LogP contribution in [0.2, 0.25) is 0 Å². The zero-order valence-corrected chi connectivity index (χ0v) is 23.9. The summed E-state index contributed by atoms with van der Waals surface area (Å²) in [6.45, 7) is 1.09. The maximum absolute atomic E-state index is 13.6. The molecule has 2 aromatic rings. The van der Waals surface area contributed by atoms with Gasteiger partial charge in [-0.3, -0.25) is 24.3 Å². The lowest BCUT2D eigenvalue weighted by molar-refractivity contribution is -0.141. The van der Waals surface area contributed by atoms with Crippen LogP contribution in [0.15, 0.2) is 59.8 Å². The molecule has 9 heteroatoms. The first-order valence-electron chi connectivity index (χ1n) is 14.7. The number of rotatable bonds is 13. The second kappa shape index (κ2) is 13.4. The number of phenolic OH excluding ortho intramolecular Hbond substituents is 1. The van der Waals surface area contributed by atoms with Gasteiger partial charge in [0.15, 0.2) is 0 Å². The van der Waals surface area contributed by atoms with E-state index in [0.29, 0.717) is 58.3 Å². The maximum Gasteiger partial charge on any atom is 0.303 e. The zero-order valence-electron chi connectivity index (χ0n) is 23.9. The first-order chi connectivity index (χ1) is 20.4. The summed E-state index contributed by atoms with van der Waals surface area (Å²) in [5.74, 6) is -1.92. The van der Waals surface area contributed by atoms with Crippen LogP contribution in [0.4, 0.5) is 0 Å². The lowest BCUT2D eigenvalue weighted by Crippen LogP contribution is -2.35. The highest BCUT2D eigenvalue weighted by Crippen LogP contribution is 2.50. The number of methoxy groups -OCH3 is 1. The number of aromatic hydroxyl groups is 1. The molecule has 2 fully saturated rings. The van der Waals surface area contributed by atoms with Crippen LogP contribution < -0.4 is 0 Å². The van der Waals surface area contributed by atoms with Crippen LogP contribution >= 0.6 is 0 Å². The van der Waals surface area contributed by atoms with E-state index in [-0.39, 0.29) is 36.0 Å². The highest BCUT2D eigenvalue weighted by molar-refractivity contribution is 6.06. The molecule has 2 aliphatic heterocycles. The molecule has 0 unspecified atom stereocenters. The highest BCUT2D eigenvalue weighted by atomic mass is 16.5. The quantitative estimate of drug-likeness (QED) is 0.200. The second-order valence-corrected chi connectivity index (χ2v) is 11.3. The number of carboxylic acid groups (broad SMARTS) is 1. The Bertz CT molecular complexity index is 1370. The lowest BCUT2D eigenvalue weighted by Gasteiger charge is -2.31. The van der Waals surface area contributed by atoms with Crippen molar-refractivity contribution in [1.82, 2.24) is 9.88 Å². The third kappa shape index (κ3) is 6.47. The molecule has 1 aromatic carbocycles. The number of ether oxygens (including phenoxy) is 2.